The number of hydrogen-bond donors (Lipinski definition) is 2. The molecular formula is C16H20Cl2N2O3S. The van der Waals surface area contributed by atoms with Gasteiger partial charge >= 0.3 is 0 Å². The molecule has 0 atom stereocenters. The summed E-state index contributed by atoms with van der Waals surface area (Å²) in [5, 5.41) is 0.565. The van der Waals surface area contributed by atoms with Gasteiger partial charge in [-0.3, -0.25) is 0 Å². The van der Waals surface area contributed by atoms with E-state index in [1.54, 1.807) is 50.2 Å². The number of sulfonamides is 1. The van der Waals surface area contributed by atoms with Crippen LogP contribution in [0.25, 0.3) is 0 Å². The van der Waals surface area contributed by atoms with E-state index in [9.17, 15) is 8.42 Å². The van der Waals surface area contributed by atoms with Gasteiger partial charge in [-0.2, -0.15) is 0 Å². The fraction of sp³-hybridized carbons (Fsp3) is 0.250. The molecule has 0 aliphatic rings. The van der Waals surface area contributed by atoms with Crippen molar-refractivity contribution in [3.05, 3.63) is 53.6 Å². The Balaban J connectivity index is 0.00000288. The molecular weight excluding hydrogens is 371 g/mol. The average molecular weight is 391 g/mol. The minimum Gasteiger partial charge on any atom is -0.457 e. The first kappa shape index (κ1) is 20.7. The molecule has 0 heterocycles. The molecule has 0 saturated carbocycles. The van der Waals surface area contributed by atoms with Crippen molar-refractivity contribution in [1.82, 2.24) is 4.72 Å². The molecule has 2 aromatic carbocycles. The van der Waals surface area contributed by atoms with Crippen LogP contribution < -0.4 is 15.2 Å². The molecule has 0 amide bonds. The molecule has 0 aliphatic heterocycles. The van der Waals surface area contributed by atoms with Crippen LogP contribution in [-0.4, -0.2) is 20.5 Å². The third-order valence-electron chi connectivity index (χ3n) is 2.88. The van der Waals surface area contributed by atoms with Crippen molar-refractivity contribution in [1.29, 1.82) is 0 Å². The van der Waals surface area contributed by atoms with E-state index in [4.69, 9.17) is 22.1 Å². The number of nitrogens with two attached hydrogens (primary N) is 1. The molecule has 8 heteroatoms. The standard InChI is InChI=1S/C16H19ClN2O3S.ClH/c1-16(2,18)11-19-23(20,21)15-8-6-13(7-9-15)22-14-5-3-4-12(17)10-14;/h3-10,19H,11,18H2,1-2H3;1H. The maximum atomic E-state index is 12.2. The lowest BCUT2D eigenvalue weighted by atomic mass is 10.1. The number of halogens is 2. The molecule has 0 bridgehead atoms. The molecule has 24 heavy (non-hydrogen) atoms. The van der Waals surface area contributed by atoms with Crippen LogP contribution in [0.5, 0.6) is 11.5 Å². The summed E-state index contributed by atoms with van der Waals surface area (Å²) in [5.74, 6) is 1.10. The van der Waals surface area contributed by atoms with Gasteiger partial charge in [0, 0.05) is 17.1 Å². The summed E-state index contributed by atoms with van der Waals surface area (Å²) in [7, 11) is -3.60. The summed E-state index contributed by atoms with van der Waals surface area (Å²) < 4.78 is 32.4. The zero-order valence-electron chi connectivity index (χ0n) is 13.3. The van der Waals surface area contributed by atoms with E-state index in [0.29, 0.717) is 16.5 Å². The number of benzene rings is 2. The molecule has 0 aliphatic carbocycles. The number of rotatable bonds is 6. The highest BCUT2D eigenvalue weighted by Crippen LogP contribution is 2.25. The van der Waals surface area contributed by atoms with Crippen LogP contribution in [0.4, 0.5) is 0 Å². The summed E-state index contributed by atoms with van der Waals surface area (Å²) in [6.45, 7) is 3.64. The van der Waals surface area contributed by atoms with Gasteiger partial charge in [0.15, 0.2) is 0 Å². The van der Waals surface area contributed by atoms with Gasteiger partial charge in [0.2, 0.25) is 10.0 Å². The monoisotopic (exact) mass is 390 g/mol. The molecule has 132 valence electrons. The van der Waals surface area contributed by atoms with Crippen molar-refractivity contribution in [3.8, 4) is 11.5 Å². The van der Waals surface area contributed by atoms with Crippen LogP contribution in [0, 0.1) is 0 Å². The summed E-state index contributed by atoms with van der Waals surface area (Å²) in [6, 6.07) is 13.1. The Hall–Kier alpha value is -1.31. The Labute approximate surface area is 153 Å². The predicted molar refractivity (Wildman–Crippen MR) is 98.7 cm³/mol. The van der Waals surface area contributed by atoms with Crippen LogP contribution in [0.2, 0.25) is 5.02 Å². The van der Waals surface area contributed by atoms with Crippen molar-refractivity contribution in [2.24, 2.45) is 5.73 Å². The Kier molecular flexibility index (Phi) is 7.07. The van der Waals surface area contributed by atoms with E-state index in [-0.39, 0.29) is 23.8 Å². The molecule has 2 rings (SSSR count). The van der Waals surface area contributed by atoms with Crippen LogP contribution in [0.3, 0.4) is 0 Å². The number of hydrogen-bond acceptors (Lipinski definition) is 4. The van der Waals surface area contributed by atoms with E-state index in [0.717, 1.165) is 0 Å². The molecule has 2 aromatic rings. The quantitative estimate of drug-likeness (QED) is 0.789. The van der Waals surface area contributed by atoms with Gasteiger partial charge in [-0.1, -0.05) is 17.7 Å². The highest BCUT2D eigenvalue weighted by atomic mass is 35.5. The van der Waals surface area contributed by atoms with E-state index in [2.05, 4.69) is 4.72 Å². The topological polar surface area (TPSA) is 81.4 Å². The number of ether oxygens (including phenoxy) is 1. The van der Waals surface area contributed by atoms with Gasteiger partial charge in [-0.25, -0.2) is 13.1 Å². The van der Waals surface area contributed by atoms with Gasteiger partial charge in [0.05, 0.1) is 4.90 Å². The highest BCUT2D eigenvalue weighted by Gasteiger charge is 2.18. The molecule has 0 spiro atoms. The molecule has 0 aromatic heterocycles. The van der Waals surface area contributed by atoms with E-state index >= 15 is 0 Å². The molecule has 0 saturated heterocycles. The lowest BCUT2D eigenvalue weighted by Crippen LogP contribution is -2.45. The van der Waals surface area contributed by atoms with Gasteiger partial charge in [-0.15, -0.1) is 12.4 Å². The van der Waals surface area contributed by atoms with Crippen molar-refractivity contribution < 1.29 is 13.2 Å². The number of nitrogens with one attached hydrogen (secondary N) is 1. The molecule has 0 unspecified atom stereocenters. The van der Waals surface area contributed by atoms with Crippen molar-refractivity contribution >= 4 is 34.0 Å². The normalized spacial score (nSPS) is 11.7. The largest absolute Gasteiger partial charge is 0.457 e. The Morgan fingerprint density at radius 1 is 1.12 bits per heavy atom. The molecule has 5 nitrogen and oxygen atoms in total. The van der Waals surface area contributed by atoms with Gasteiger partial charge in [0.1, 0.15) is 11.5 Å². The summed E-state index contributed by atoms with van der Waals surface area (Å²) >= 11 is 5.89. The highest BCUT2D eigenvalue weighted by molar-refractivity contribution is 7.89. The lowest BCUT2D eigenvalue weighted by Gasteiger charge is -2.19. The van der Waals surface area contributed by atoms with E-state index in [1.807, 2.05) is 0 Å². The maximum Gasteiger partial charge on any atom is 0.240 e. The SMILES string of the molecule is CC(C)(N)CNS(=O)(=O)c1ccc(Oc2cccc(Cl)c2)cc1.Cl. The third-order valence-corrected chi connectivity index (χ3v) is 4.54. The Morgan fingerprint density at radius 3 is 2.29 bits per heavy atom. The minimum absolute atomic E-state index is 0. The first-order valence-electron chi connectivity index (χ1n) is 6.98. The average Bonchev–Trinajstić information content (AvgIpc) is 2.45. The van der Waals surface area contributed by atoms with Gasteiger partial charge < -0.3 is 10.5 Å². The first-order chi connectivity index (χ1) is 10.7. The summed E-state index contributed by atoms with van der Waals surface area (Å²) in [5.41, 5.74) is 5.16. The maximum absolute atomic E-state index is 12.2. The Bertz CT molecular complexity index is 773. The second-order valence-electron chi connectivity index (χ2n) is 5.84. The second kappa shape index (κ2) is 8.18. The zero-order valence-corrected chi connectivity index (χ0v) is 15.7. The lowest BCUT2D eigenvalue weighted by molar-refractivity contribution is 0.482. The van der Waals surface area contributed by atoms with Crippen LogP contribution in [0.1, 0.15) is 13.8 Å². The van der Waals surface area contributed by atoms with Gasteiger partial charge in [-0.05, 0) is 56.3 Å². The molecule has 0 fully saturated rings. The summed E-state index contributed by atoms with van der Waals surface area (Å²) in [4.78, 5) is 0.153. The van der Waals surface area contributed by atoms with E-state index in [1.165, 1.54) is 12.1 Å². The second-order valence-corrected chi connectivity index (χ2v) is 8.05. The van der Waals surface area contributed by atoms with Crippen molar-refractivity contribution in [3.63, 3.8) is 0 Å². The van der Waals surface area contributed by atoms with Crippen LogP contribution >= 0.6 is 24.0 Å². The minimum atomic E-state index is -3.60. The zero-order chi connectivity index (χ0) is 17.1. The van der Waals surface area contributed by atoms with E-state index < -0.39 is 15.6 Å². The first-order valence-corrected chi connectivity index (χ1v) is 8.84. The summed E-state index contributed by atoms with van der Waals surface area (Å²) in [6.07, 6.45) is 0. The smallest absolute Gasteiger partial charge is 0.240 e. The van der Waals surface area contributed by atoms with Crippen molar-refractivity contribution in [2.75, 3.05) is 6.54 Å². The Morgan fingerprint density at radius 2 is 1.75 bits per heavy atom. The fourth-order valence-electron chi connectivity index (χ4n) is 1.72. The predicted octanol–water partition coefficient (Wildman–Crippen LogP) is 3.57. The molecule has 0 radical (unpaired) electrons. The molecule has 3 N–H and O–H groups in total. The van der Waals surface area contributed by atoms with Crippen LogP contribution in [0.15, 0.2) is 53.4 Å². The van der Waals surface area contributed by atoms with Crippen LogP contribution in [-0.2, 0) is 10.0 Å². The fourth-order valence-corrected chi connectivity index (χ4v) is 3.12. The third kappa shape index (κ3) is 6.30. The van der Waals surface area contributed by atoms with Crippen molar-refractivity contribution in [2.45, 2.75) is 24.3 Å². The van der Waals surface area contributed by atoms with Gasteiger partial charge in [0.25, 0.3) is 0 Å².